The van der Waals surface area contributed by atoms with Crippen LogP contribution in [-0.2, 0) is 4.79 Å². The average molecular weight is 209 g/mol. The topological polar surface area (TPSA) is 49.3 Å². The van der Waals surface area contributed by atoms with Crippen LogP contribution < -0.4 is 5.32 Å². The maximum Gasteiger partial charge on any atom is 0.320 e. The number of hydrogen-bond acceptors (Lipinski definition) is 2. The molecule has 0 aromatic rings. The van der Waals surface area contributed by atoms with E-state index in [1.807, 2.05) is 0 Å². The van der Waals surface area contributed by atoms with Crippen molar-refractivity contribution in [1.82, 2.24) is 5.32 Å². The molecule has 3 fully saturated rings. The fourth-order valence-corrected chi connectivity index (χ4v) is 2.61. The summed E-state index contributed by atoms with van der Waals surface area (Å²) in [7, 11) is 0. The van der Waals surface area contributed by atoms with E-state index in [0.717, 1.165) is 24.7 Å². The zero-order valence-corrected chi connectivity index (χ0v) is 8.98. The number of nitrogens with one attached hydrogen (secondary N) is 1. The van der Waals surface area contributed by atoms with Gasteiger partial charge in [-0.3, -0.25) is 4.79 Å². The van der Waals surface area contributed by atoms with Crippen molar-refractivity contribution < 1.29 is 9.90 Å². The van der Waals surface area contributed by atoms with E-state index in [0.29, 0.717) is 12.0 Å². The van der Waals surface area contributed by atoms with Gasteiger partial charge in [-0.25, -0.2) is 0 Å². The molecule has 0 spiro atoms. The molecule has 15 heavy (non-hydrogen) atoms. The highest BCUT2D eigenvalue weighted by Crippen LogP contribution is 2.45. The zero-order chi connectivity index (χ0) is 10.4. The molecule has 0 aromatic heterocycles. The van der Waals surface area contributed by atoms with E-state index in [-0.39, 0.29) is 6.04 Å². The Hall–Kier alpha value is -0.570. The van der Waals surface area contributed by atoms with Crippen LogP contribution in [-0.4, -0.2) is 23.2 Å². The van der Waals surface area contributed by atoms with E-state index in [1.165, 1.54) is 25.7 Å². The highest BCUT2D eigenvalue weighted by Gasteiger charge is 2.45. The van der Waals surface area contributed by atoms with E-state index < -0.39 is 5.97 Å². The van der Waals surface area contributed by atoms with Crippen LogP contribution in [0.25, 0.3) is 0 Å². The molecule has 0 aromatic carbocycles. The van der Waals surface area contributed by atoms with Crippen molar-refractivity contribution in [2.45, 2.75) is 50.6 Å². The molecule has 3 aliphatic rings. The van der Waals surface area contributed by atoms with Crippen molar-refractivity contribution in [3.8, 4) is 0 Å². The first kappa shape index (κ1) is 9.64. The Morgan fingerprint density at radius 2 is 1.47 bits per heavy atom. The summed E-state index contributed by atoms with van der Waals surface area (Å²) in [5, 5.41) is 12.6. The molecule has 3 nitrogen and oxygen atoms in total. The van der Waals surface area contributed by atoms with Crippen LogP contribution in [0.3, 0.4) is 0 Å². The van der Waals surface area contributed by atoms with Gasteiger partial charge >= 0.3 is 5.97 Å². The normalized spacial score (nSPS) is 28.1. The van der Waals surface area contributed by atoms with E-state index >= 15 is 0 Å². The van der Waals surface area contributed by atoms with Gasteiger partial charge < -0.3 is 10.4 Å². The first-order valence-corrected chi connectivity index (χ1v) is 6.24. The second-order valence-corrected chi connectivity index (χ2v) is 5.52. The summed E-state index contributed by atoms with van der Waals surface area (Å²) >= 11 is 0. The molecule has 0 bridgehead atoms. The molecular formula is C12H19NO2. The van der Waals surface area contributed by atoms with Crippen LogP contribution in [0, 0.1) is 17.8 Å². The Labute approximate surface area is 90.2 Å². The summed E-state index contributed by atoms with van der Waals surface area (Å²) in [6, 6.07) is 0.267. The monoisotopic (exact) mass is 209 g/mol. The largest absolute Gasteiger partial charge is 0.480 e. The van der Waals surface area contributed by atoms with Gasteiger partial charge in [0.2, 0.25) is 0 Å². The van der Waals surface area contributed by atoms with E-state index in [4.69, 9.17) is 0 Å². The molecule has 1 unspecified atom stereocenters. The summed E-state index contributed by atoms with van der Waals surface area (Å²) in [6.45, 7) is 0. The fourth-order valence-electron chi connectivity index (χ4n) is 2.61. The number of carbonyl (C=O) groups is 1. The minimum Gasteiger partial charge on any atom is -0.480 e. The maximum atomic E-state index is 11.1. The van der Waals surface area contributed by atoms with Crippen molar-refractivity contribution in [3.63, 3.8) is 0 Å². The lowest BCUT2D eigenvalue weighted by atomic mass is 10.0. The summed E-state index contributed by atoms with van der Waals surface area (Å²) < 4.78 is 0. The molecule has 0 heterocycles. The molecule has 3 saturated carbocycles. The van der Waals surface area contributed by atoms with Crippen LogP contribution in [0.5, 0.6) is 0 Å². The Morgan fingerprint density at radius 1 is 1.00 bits per heavy atom. The van der Waals surface area contributed by atoms with Gasteiger partial charge in [-0.15, -0.1) is 0 Å². The van der Waals surface area contributed by atoms with Crippen molar-refractivity contribution in [2.24, 2.45) is 17.8 Å². The number of carboxylic acid groups (broad SMARTS) is 1. The molecular weight excluding hydrogens is 190 g/mol. The van der Waals surface area contributed by atoms with E-state index in [9.17, 15) is 9.90 Å². The SMILES string of the molecule is O=C(O)C(NC(C1CC1)C1CC1)C1CC1. The summed E-state index contributed by atoms with van der Waals surface area (Å²) in [4.78, 5) is 11.1. The van der Waals surface area contributed by atoms with Gasteiger partial charge in [0, 0.05) is 6.04 Å². The second-order valence-electron chi connectivity index (χ2n) is 5.52. The third-order valence-corrected chi connectivity index (χ3v) is 3.99. The van der Waals surface area contributed by atoms with Crippen LogP contribution >= 0.6 is 0 Å². The van der Waals surface area contributed by atoms with Crippen LogP contribution in [0.2, 0.25) is 0 Å². The van der Waals surface area contributed by atoms with Gasteiger partial charge in [-0.1, -0.05) is 0 Å². The first-order chi connectivity index (χ1) is 7.25. The van der Waals surface area contributed by atoms with E-state index in [1.54, 1.807) is 0 Å². The van der Waals surface area contributed by atoms with Crippen molar-refractivity contribution >= 4 is 5.97 Å². The number of aliphatic carboxylic acids is 1. The predicted molar refractivity (Wildman–Crippen MR) is 56.5 cm³/mol. The second kappa shape index (κ2) is 3.48. The van der Waals surface area contributed by atoms with Gasteiger partial charge in [-0.2, -0.15) is 0 Å². The predicted octanol–water partition coefficient (Wildman–Crippen LogP) is 1.63. The van der Waals surface area contributed by atoms with Crippen molar-refractivity contribution in [3.05, 3.63) is 0 Å². The molecule has 0 saturated heterocycles. The highest BCUT2D eigenvalue weighted by molar-refractivity contribution is 5.74. The minimum atomic E-state index is -0.635. The summed E-state index contributed by atoms with van der Waals surface area (Å²) in [5.74, 6) is 1.36. The van der Waals surface area contributed by atoms with Gasteiger partial charge in [0.1, 0.15) is 6.04 Å². The molecule has 2 N–H and O–H groups in total. The standard InChI is InChI=1S/C12H19NO2/c14-12(15)11(9-5-6-9)13-10(7-1-2-7)8-3-4-8/h7-11,13H,1-6H2,(H,14,15). The van der Waals surface area contributed by atoms with Gasteiger partial charge in [0.05, 0.1) is 0 Å². The first-order valence-electron chi connectivity index (χ1n) is 6.24. The Kier molecular flexibility index (Phi) is 2.23. The fraction of sp³-hybridized carbons (Fsp3) is 0.917. The Morgan fingerprint density at radius 3 is 1.80 bits per heavy atom. The molecule has 84 valence electrons. The lowest BCUT2D eigenvalue weighted by Gasteiger charge is -2.23. The summed E-state index contributed by atoms with van der Waals surface area (Å²) in [6.07, 6.45) is 7.45. The van der Waals surface area contributed by atoms with Crippen LogP contribution in [0.1, 0.15) is 38.5 Å². The Balaban J connectivity index is 1.61. The third-order valence-electron chi connectivity index (χ3n) is 3.99. The molecule has 0 radical (unpaired) electrons. The average Bonchev–Trinajstić information content (AvgIpc) is 3.01. The van der Waals surface area contributed by atoms with Crippen molar-refractivity contribution in [1.29, 1.82) is 0 Å². The number of rotatable bonds is 6. The van der Waals surface area contributed by atoms with Crippen molar-refractivity contribution in [2.75, 3.05) is 0 Å². The quantitative estimate of drug-likeness (QED) is 0.699. The zero-order valence-electron chi connectivity index (χ0n) is 8.98. The maximum absolute atomic E-state index is 11.1. The van der Waals surface area contributed by atoms with Gasteiger partial charge in [0.15, 0.2) is 0 Å². The lowest BCUT2D eigenvalue weighted by molar-refractivity contribution is -0.140. The summed E-state index contributed by atoms with van der Waals surface area (Å²) in [5.41, 5.74) is 0. The number of carboxylic acids is 1. The number of hydrogen-bond donors (Lipinski definition) is 2. The van der Waals surface area contributed by atoms with Gasteiger partial charge in [0.25, 0.3) is 0 Å². The molecule has 3 rings (SSSR count). The molecule has 1 atom stereocenters. The molecule has 0 aliphatic heterocycles. The molecule has 0 amide bonds. The Bertz CT molecular complexity index is 255. The molecule has 3 aliphatic carbocycles. The highest BCUT2D eigenvalue weighted by atomic mass is 16.4. The molecule has 3 heteroatoms. The minimum absolute atomic E-state index is 0.254. The van der Waals surface area contributed by atoms with E-state index in [2.05, 4.69) is 5.32 Å². The van der Waals surface area contributed by atoms with Crippen LogP contribution in [0.4, 0.5) is 0 Å². The van der Waals surface area contributed by atoms with Crippen LogP contribution in [0.15, 0.2) is 0 Å². The smallest absolute Gasteiger partial charge is 0.320 e. The van der Waals surface area contributed by atoms with Gasteiger partial charge in [-0.05, 0) is 56.3 Å². The third kappa shape index (κ3) is 2.17. The lowest BCUT2D eigenvalue weighted by Crippen LogP contribution is -2.46.